The Hall–Kier alpha value is -3.02. The lowest BCUT2D eigenvalue weighted by Crippen LogP contribution is -2.33. The SMILES string of the molecule is COc1ccccc1N1CCC(Nc2nc3ccccc3[nH]2)C1=O. The number of aromatic nitrogens is 2. The number of carbonyl (C=O) groups is 1. The summed E-state index contributed by atoms with van der Waals surface area (Å²) in [6, 6.07) is 15.1. The number of ether oxygens (including phenoxy) is 1. The minimum atomic E-state index is -0.296. The predicted octanol–water partition coefficient (Wildman–Crippen LogP) is 2.79. The van der Waals surface area contributed by atoms with Gasteiger partial charge in [-0.15, -0.1) is 0 Å². The van der Waals surface area contributed by atoms with Crippen LogP contribution in [-0.2, 0) is 4.79 Å². The molecular weight excluding hydrogens is 304 g/mol. The molecule has 1 fully saturated rings. The van der Waals surface area contributed by atoms with Crippen LogP contribution in [0.15, 0.2) is 48.5 Å². The number of aromatic amines is 1. The van der Waals surface area contributed by atoms with E-state index >= 15 is 0 Å². The summed E-state index contributed by atoms with van der Waals surface area (Å²) in [5.41, 5.74) is 2.64. The quantitative estimate of drug-likeness (QED) is 0.775. The third kappa shape index (κ3) is 2.46. The summed E-state index contributed by atoms with van der Waals surface area (Å²) in [6.07, 6.45) is 0.716. The standard InChI is InChI=1S/C18H18N4O2/c1-24-16-9-5-4-8-15(16)22-11-10-14(17(22)23)21-18-19-12-6-2-3-7-13(12)20-18/h2-9,14H,10-11H2,1H3,(H2,19,20,21). The Morgan fingerprint density at radius 3 is 2.83 bits per heavy atom. The van der Waals surface area contributed by atoms with Crippen LogP contribution in [0.1, 0.15) is 6.42 Å². The minimum Gasteiger partial charge on any atom is -0.495 e. The molecule has 2 heterocycles. The van der Waals surface area contributed by atoms with Crippen molar-refractivity contribution >= 4 is 28.6 Å². The average Bonchev–Trinajstić information content (AvgIpc) is 3.18. The van der Waals surface area contributed by atoms with Crippen molar-refractivity contribution in [3.8, 4) is 5.75 Å². The van der Waals surface area contributed by atoms with E-state index in [1.54, 1.807) is 12.0 Å². The van der Waals surface area contributed by atoms with Crippen molar-refractivity contribution < 1.29 is 9.53 Å². The summed E-state index contributed by atoms with van der Waals surface area (Å²) in [6.45, 7) is 0.650. The maximum Gasteiger partial charge on any atom is 0.249 e. The topological polar surface area (TPSA) is 70.2 Å². The molecule has 1 aliphatic rings. The average molecular weight is 322 g/mol. The number of rotatable bonds is 4. The number of methoxy groups -OCH3 is 1. The van der Waals surface area contributed by atoms with E-state index in [0.717, 1.165) is 16.7 Å². The number of anilines is 2. The van der Waals surface area contributed by atoms with Gasteiger partial charge in [-0.25, -0.2) is 4.98 Å². The van der Waals surface area contributed by atoms with Crippen molar-refractivity contribution in [2.45, 2.75) is 12.5 Å². The molecule has 1 saturated heterocycles. The first-order chi connectivity index (χ1) is 11.8. The van der Waals surface area contributed by atoms with Crippen molar-refractivity contribution in [1.29, 1.82) is 0 Å². The number of hydrogen-bond acceptors (Lipinski definition) is 4. The molecule has 24 heavy (non-hydrogen) atoms. The van der Waals surface area contributed by atoms with Gasteiger partial charge in [0.1, 0.15) is 11.8 Å². The van der Waals surface area contributed by atoms with Gasteiger partial charge in [0.15, 0.2) is 0 Å². The van der Waals surface area contributed by atoms with Crippen LogP contribution in [0.2, 0.25) is 0 Å². The van der Waals surface area contributed by atoms with Gasteiger partial charge in [-0.3, -0.25) is 4.79 Å². The number of H-pyrrole nitrogens is 1. The highest BCUT2D eigenvalue weighted by Gasteiger charge is 2.34. The van der Waals surface area contributed by atoms with E-state index in [4.69, 9.17) is 4.74 Å². The summed E-state index contributed by atoms with van der Waals surface area (Å²) in [7, 11) is 1.61. The molecule has 2 N–H and O–H groups in total. The maximum atomic E-state index is 12.8. The molecule has 1 aromatic heterocycles. The van der Waals surface area contributed by atoms with Gasteiger partial charge in [0.2, 0.25) is 11.9 Å². The lowest BCUT2D eigenvalue weighted by Gasteiger charge is -2.19. The number of para-hydroxylation sites is 4. The minimum absolute atomic E-state index is 0.0277. The smallest absolute Gasteiger partial charge is 0.249 e. The number of benzene rings is 2. The Bertz CT molecular complexity index is 856. The van der Waals surface area contributed by atoms with Gasteiger partial charge in [-0.05, 0) is 30.7 Å². The lowest BCUT2D eigenvalue weighted by molar-refractivity contribution is -0.117. The van der Waals surface area contributed by atoms with Gasteiger partial charge in [-0.2, -0.15) is 0 Å². The third-order valence-corrected chi connectivity index (χ3v) is 4.28. The van der Waals surface area contributed by atoms with Gasteiger partial charge in [0.25, 0.3) is 0 Å². The number of amides is 1. The molecule has 4 rings (SSSR count). The third-order valence-electron chi connectivity index (χ3n) is 4.28. The zero-order valence-electron chi connectivity index (χ0n) is 13.3. The van der Waals surface area contributed by atoms with E-state index in [9.17, 15) is 4.79 Å². The van der Waals surface area contributed by atoms with Crippen molar-refractivity contribution in [3.05, 3.63) is 48.5 Å². The number of carbonyl (C=O) groups excluding carboxylic acids is 1. The molecule has 0 spiro atoms. The predicted molar refractivity (Wildman–Crippen MR) is 93.5 cm³/mol. The summed E-state index contributed by atoms with van der Waals surface area (Å²) in [4.78, 5) is 22.2. The van der Waals surface area contributed by atoms with Crippen LogP contribution in [-0.4, -0.2) is 35.6 Å². The molecule has 122 valence electrons. The van der Waals surface area contributed by atoms with E-state index in [2.05, 4.69) is 15.3 Å². The van der Waals surface area contributed by atoms with Crippen LogP contribution >= 0.6 is 0 Å². The second-order valence-corrected chi connectivity index (χ2v) is 5.75. The highest BCUT2D eigenvalue weighted by atomic mass is 16.5. The summed E-state index contributed by atoms with van der Waals surface area (Å²) in [5.74, 6) is 1.35. The Kier molecular flexibility index (Phi) is 3.57. The second kappa shape index (κ2) is 5.88. The molecule has 1 amide bonds. The Morgan fingerprint density at radius 2 is 2.00 bits per heavy atom. The van der Waals surface area contributed by atoms with Gasteiger partial charge in [-0.1, -0.05) is 24.3 Å². The summed E-state index contributed by atoms with van der Waals surface area (Å²) in [5, 5.41) is 3.22. The van der Waals surface area contributed by atoms with Gasteiger partial charge < -0.3 is 19.9 Å². The van der Waals surface area contributed by atoms with Crippen molar-refractivity contribution in [3.63, 3.8) is 0 Å². The maximum absolute atomic E-state index is 12.8. The molecule has 3 aromatic rings. The normalized spacial score (nSPS) is 17.5. The van der Waals surface area contributed by atoms with E-state index in [-0.39, 0.29) is 11.9 Å². The number of imidazole rings is 1. The molecule has 2 aromatic carbocycles. The van der Waals surface area contributed by atoms with Gasteiger partial charge in [0, 0.05) is 6.54 Å². The fourth-order valence-electron chi connectivity index (χ4n) is 3.09. The number of fused-ring (bicyclic) bond motifs is 1. The fraction of sp³-hybridized carbons (Fsp3) is 0.222. The highest BCUT2D eigenvalue weighted by molar-refractivity contribution is 6.02. The molecule has 0 radical (unpaired) electrons. The van der Waals surface area contributed by atoms with E-state index in [1.165, 1.54) is 0 Å². The molecule has 1 aliphatic heterocycles. The molecule has 6 nitrogen and oxygen atoms in total. The number of nitrogens with zero attached hydrogens (tertiary/aromatic N) is 2. The number of nitrogens with one attached hydrogen (secondary N) is 2. The first-order valence-electron chi connectivity index (χ1n) is 7.92. The van der Waals surface area contributed by atoms with Crippen LogP contribution in [0.25, 0.3) is 11.0 Å². The van der Waals surface area contributed by atoms with Gasteiger partial charge in [0.05, 0.1) is 23.8 Å². The van der Waals surface area contributed by atoms with Gasteiger partial charge >= 0.3 is 0 Å². The lowest BCUT2D eigenvalue weighted by atomic mass is 10.2. The second-order valence-electron chi connectivity index (χ2n) is 5.75. The van der Waals surface area contributed by atoms with Crippen LogP contribution in [0.3, 0.4) is 0 Å². The largest absolute Gasteiger partial charge is 0.495 e. The van der Waals surface area contributed by atoms with E-state index in [0.29, 0.717) is 24.7 Å². The van der Waals surface area contributed by atoms with Crippen LogP contribution in [0.5, 0.6) is 5.75 Å². The van der Waals surface area contributed by atoms with Crippen molar-refractivity contribution in [1.82, 2.24) is 9.97 Å². The van der Waals surface area contributed by atoms with Crippen LogP contribution < -0.4 is 15.0 Å². The zero-order valence-corrected chi connectivity index (χ0v) is 13.3. The molecule has 0 aliphatic carbocycles. The first kappa shape index (κ1) is 14.6. The summed E-state index contributed by atoms with van der Waals surface area (Å²) < 4.78 is 5.37. The van der Waals surface area contributed by atoms with E-state index < -0.39 is 0 Å². The van der Waals surface area contributed by atoms with E-state index in [1.807, 2.05) is 48.5 Å². The van der Waals surface area contributed by atoms with Crippen LogP contribution in [0.4, 0.5) is 11.6 Å². The molecule has 0 bridgehead atoms. The summed E-state index contributed by atoms with van der Waals surface area (Å²) >= 11 is 0. The molecular formula is C18H18N4O2. The highest BCUT2D eigenvalue weighted by Crippen LogP contribution is 2.31. The van der Waals surface area contributed by atoms with Crippen molar-refractivity contribution in [2.75, 3.05) is 23.9 Å². The Labute approximate surface area is 139 Å². The zero-order chi connectivity index (χ0) is 16.5. The Morgan fingerprint density at radius 1 is 1.21 bits per heavy atom. The van der Waals surface area contributed by atoms with Crippen LogP contribution in [0, 0.1) is 0 Å². The molecule has 1 unspecified atom stereocenters. The van der Waals surface area contributed by atoms with Crippen molar-refractivity contribution in [2.24, 2.45) is 0 Å². The molecule has 0 saturated carbocycles. The molecule has 1 atom stereocenters. The monoisotopic (exact) mass is 322 g/mol. The fourth-order valence-corrected chi connectivity index (χ4v) is 3.09. The first-order valence-corrected chi connectivity index (χ1v) is 7.92. The Balaban J connectivity index is 1.55. The number of hydrogen-bond donors (Lipinski definition) is 2. The molecule has 6 heteroatoms.